The molecule has 1 rings (SSSR count). The molecule has 17 heavy (non-hydrogen) atoms. The molecule has 1 N–H and O–H groups in total. The van der Waals surface area contributed by atoms with E-state index in [0.29, 0.717) is 24.3 Å². The van der Waals surface area contributed by atoms with E-state index in [1.807, 2.05) is 6.92 Å². The molecule has 0 amide bonds. The number of halogens is 1. The minimum absolute atomic E-state index is 0.558. The lowest BCUT2D eigenvalue weighted by Crippen LogP contribution is -2.15. The molecule has 0 aliphatic rings. The first-order valence-corrected chi connectivity index (χ1v) is 6.58. The van der Waals surface area contributed by atoms with E-state index >= 15 is 0 Å². The summed E-state index contributed by atoms with van der Waals surface area (Å²) in [6, 6.07) is 0. The average Bonchev–Trinajstić information content (AvgIpc) is 2.35. The summed E-state index contributed by atoms with van der Waals surface area (Å²) in [6.07, 6.45) is 5.45. The van der Waals surface area contributed by atoms with Crippen LogP contribution in [0.25, 0.3) is 0 Å². The van der Waals surface area contributed by atoms with Crippen molar-refractivity contribution in [1.29, 1.82) is 0 Å². The maximum absolute atomic E-state index is 5.75. The van der Waals surface area contributed by atoms with Crippen molar-refractivity contribution in [3.05, 3.63) is 12.4 Å². The second-order valence-electron chi connectivity index (χ2n) is 3.81. The third-order valence-corrected chi connectivity index (χ3v) is 2.79. The number of hydrogen-bond donors (Lipinski definition) is 1. The third-order valence-electron chi connectivity index (χ3n) is 2.57. The number of hydrogen-bond acceptors (Lipinski definition) is 4. The number of aromatic nitrogens is 2. The zero-order chi connectivity index (χ0) is 12.5. The van der Waals surface area contributed by atoms with Gasteiger partial charge in [0, 0.05) is 12.4 Å². The SMILES string of the molecule is CCOc1cncc(NCC(CC)CCCl)n1. The van der Waals surface area contributed by atoms with Crippen LogP contribution in [0.15, 0.2) is 12.4 Å². The fourth-order valence-corrected chi connectivity index (χ4v) is 1.81. The lowest BCUT2D eigenvalue weighted by atomic mass is 10.0. The van der Waals surface area contributed by atoms with Gasteiger partial charge in [-0.1, -0.05) is 13.3 Å². The Morgan fingerprint density at radius 3 is 2.88 bits per heavy atom. The number of nitrogens with zero attached hydrogens (tertiary/aromatic N) is 2. The Labute approximate surface area is 108 Å². The van der Waals surface area contributed by atoms with Crippen molar-refractivity contribution in [3.8, 4) is 5.88 Å². The second kappa shape index (κ2) is 8.12. The number of nitrogens with one attached hydrogen (secondary N) is 1. The van der Waals surface area contributed by atoms with Crippen molar-refractivity contribution in [1.82, 2.24) is 9.97 Å². The van der Waals surface area contributed by atoms with E-state index in [0.717, 1.165) is 25.2 Å². The molecule has 0 aromatic carbocycles. The van der Waals surface area contributed by atoms with E-state index in [4.69, 9.17) is 16.3 Å². The van der Waals surface area contributed by atoms with Gasteiger partial charge in [-0.15, -0.1) is 11.6 Å². The molecule has 1 atom stereocenters. The highest BCUT2D eigenvalue weighted by molar-refractivity contribution is 6.17. The first-order chi connectivity index (χ1) is 8.30. The Hall–Kier alpha value is -1.03. The molecule has 5 heteroatoms. The van der Waals surface area contributed by atoms with E-state index in [-0.39, 0.29) is 0 Å². The summed E-state index contributed by atoms with van der Waals surface area (Å²) in [5.41, 5.74) is 0. The topological polar surface area (TPSA) is 47.0 Å². The smallest absolute Gasteiger partial charge is 0.234 e. The first kappa shape index (κ1) is 14.0. The van der Waals surface area contributed by atoms with Crippen LogP contribution in [-0.4, -0.2) is 29.0 Å². The van der Waals surface area contributed by atoms with Gasteiger partial charge in [0.1, 0.15) is 5.82 Å². The number of alkyl halides is 1. The molecule has 4 nitrogen and oxygen atoms in total. The highest BCUT2D eigenvalue weighted by Gasteiger charge is 2.06. The molecule has 0 radical (unpaired) electrons. The van der Waals surface area contributed by atoms with Crippen LogP contribution in [0.3, 0.4) is 0 Å². The maximum atomic E-state index is 5.75. The predicted molar refractivity (Wildman–Crippen MR) is 70.8 cm³/mol. The van der Waals surface area contributed by atoms with E-state index in [1.54, 1.807) is 12.4 Å². The van der Waals surface area contributed by atoms with Crippen molar-refractivity contribution in [2.24, 2.45) is 5.92 Å². The van der Waals surface area contributed by atoms with Gasteiger partial charge in [0.05, 0.1) is 19.0 Å². The highest BCUT2D eigenvalue weighted by atomic mass is 35.5. The molecule has 1 heterocycles. The molecule has 0 fully saturated rings. The van der Waals surface area contributed by atoms with Crippen LogP contribution in [0.5, 0.6) is 5.88 Å². The second-order valence-corrected chi connectivity index (χ2v) is 4.19. The first-order valence-electron chi connectivity index (χ1n) is 6.04. The van der Waals surface area contributed by atoms with Gasteiger partial charge < -0.3 is 10.1 Å². The monoisotopic (exact) mass is 257 g/mol. The zero-order valence-electron chi connectivity index (χ0n) is 10.4. The van der Waals surface area contributed by atoms with Gasteiger partial charge in [-0.3, -0.25) is 4.98 Å². The predicted octanol–water partition coefficient (Wildman–Crippen LogP) is 2.94. The van der Waals surface area contributed by atoms with Gasteiger partial charge >= 0.3 is 0 Å². The average molecular weight is 258 g/mol. The number of rotatable bonds is 8. The number of ether oxygens (including phenoxy) is 1. The molecule has 0 aliphatic heterocycles. The molecule has 0 bridgehead atoms. The molecule has 1 aromatic heterocycles. The van der Waals surface area contributed by atoms with Crippen LogP contribution >= 0.6 is 11.6 Å². The van der Waals surface area contributed by atoms with Gasteiger partial charge in [0.25, 0.3) is 0 Å². The van der Waals surface area contributed by atoms with E-state index in [1.165, 1.54) is 0 Å². The van der Waals surface area contributed by atoms with Crippen LogP contribution < -0.4 is 10.1 Å². The number of anilines is 1. The van der Waals surface area contributed by atoms with Gasteiger partial charge in [-0.2, -0.15) is 4.98 Å². The Morgan fingerprint density at radius 2 is 2.24 bits per heavy atom. The van der Waals surface area contributed by atoms with Crippen molar-refractivity contribution in [3.63, 3.8) is 0 Å². The fourth-order valence-electron chi connectivity index (χ4n) is 1.50. The highest BCUT2D eigenvalue weighted by Crippen LogP contribution is 2.13. The van der Waals surface area contributed by atoms with E-state index in [2.05, 4.69) is 22.2 Å². The summed E-state index contributed by atoms with van der Waals surface area (Å²) in [4.78, 5) is 8.38. The van der Waals surface area contributed by atoms with Crippen molar-refractivity contribution in [2.45, 2.75) is 26.7 Å². The van der Waals surface area contributed by atoms with Crippen LogP contribution in [0.4, 0.5) is 5.82 Å². The van der Waals surface area contributed by atoms with Crippen LogP contribution in [0.2, 0.25) is 0 Å². The van der Waals surface area contributed by atoms with Crippen LogP contribution in [0, 0.1) is 5.92 Å². The summed E-state index contributed by atoms with van der Waals surface area (Å²) in [6.45, 7) is 5.56. The molecular formula is C12H20ClN3O. The molecule has 0 saturated carbocycles. The maximum Gasteiger partial charge on any atom is 0.234 e. The minimum atomic E-state index is 0.558. The summed E-state index contributed by atoms with van der Waals surface area (Å²) in [5.74, 6) is 2.59. The standard InChI is InChI=1S/C12H20ClN3O/c1-3-10(5-6-13)7-15-11-8-14-9-12(16-11)17-4-2/h8-10H,3-7H2,1-2H3,(H,15,16). The zero-order valence-corrected chi connectivity index (χ0v) is 11.2. The molecule has 1 aromatic rings. The summed E-state index contributed by atoms with van der Waals surface area (Å²) in [5, 5.41) is 3.27. The third kappa shape index (κ3) is 5.22. The molecular weight excluding hydrogens is 238 g/mol. The lowest BCUT2D eigenvalue weighted by molar-refractivity contribution is 0.325. The van der Waals surface area contributed by atoms with E-state index < -0.39 is 0 Å². The van der Waals surface area contributed by atoms with Gasteiger partial charge in [-0.05, 0) is 19.3 Å². The normalized spacial score (nSPS) is 12.2. The molecule has 96 valence electrons. The van der Waals surface area contributed by atoms with Gasteiger partial charge in [0.2, 0.25) is 5.88 Å². The molecule has 0 aliphatic carbocycles. The van der Waals surface area contributed by atoms with Crippen molar-refractivity contribution >= 4 is 17.4 Å². The Bertz CT molecular complexity index is 322. The Kier molecular flexibility index (Phi) is 6.70. The Morgan fingerprint density at radius 1 is 1.41 bits per heavy atom. The minimum Gasteiger partial charge on any atom is -0.477 e. The molecule has 1 unspecified atom stereocenters. The molecule has 0 saturated heterocycles. The van der Waals surface area contributed by atoms with E-state index in [9.17, 15) is 0 Å². The van der Waals surface area contributed by atoms with Crippen molar-refractivity contribution < 1.29 is 4.74 Å². The lowest BCUT2D eigenvalue weighted by Gasteiger charge is -2.14. The van der Waals surface area contributed by atoms with Crippen LogP contribution in [-0.2, 0) is 0 Å². The van der Waals surface area contributed by atoms with Gasteiger partial charge in [-0.25, -0.2) is 0 Å². The van der Waals surface area contributed by atoms with Crippen molar-refractivity contribution in [2.75, 3.05) is 24.3 Å². The summed E-state index contributed by atoms with van der Waals surface area (Å²) < 4.78 is 5.29. The van der Waals surface area contributed by atoms with Gasteiger partial charge in [0.15, 0.2) is 0 Å². The fraction of sp³-hybridized carbons (Fsp3) is 0.667. The Balaban J connectivity index is 2.47. The quantitative estimate of drug-likeness (QED) is 0.728. The van der Waals surface area contributed by atoms with Crippen LogP contribution in [0.1, 0.15) is 26.7 Å². The molecule has 0 spiro atoms. The summed E-state index contributed by atoms with van der Waals surface area (Å²) in [7, 11) is 0. The largest absolute Gasteiger partial charge is 0.477 e. The summed E-state index contributed by atoms with van der Waals surface area (Å²) >= 11 is 5.75.